The number of nitrogens with two attached hydrogens (primary N) is 1. The first-order chi connectivity index (χ1) is 19.5. The van der Waals surface area contributed by atoms with E-state index < -0.39 is 5.82 Å². The molecule has 2 aromatic rings. The van der Waals surface area contributed by atoms with Crippen LogP contribution in [0.15, 0.2) is 60.2 Å². The smallest absolute Gasteiger partial charge is 0.253 e. The van der Waals surface area contributed by atoms with Crippen LogP contribution in [-0.4, -0.2) is 62.8 Å². The number of anilines is 2. The van der Waals surface area contributed by atoms with Crippen LogP contribution in [0.25, 0.3) is 5.70 Å². The molecule has 2 fully saturated rings. The molecule has 0 saturated carbocycles. The maximum Gasteiger partial charge on any atom is 0.253 e. The third kappa shape index (κ3) is 6.22. The Morgan fingerprint density at radius 3 is 2.45 bits per heavy atom. The van der Waals surface area contributed by atoms with E-state index in [2.05, 4.69) is 34.1 Å². The van der Waals surface area contributed by atoms with Gasteiger partial charge in [0.05, 0.1) is 11.7 Å². The van der Waals surface area contributed by atoms with Gasteiger partial charge in [0.2, 0.25) is 0 Å². The number of carbonyl (C=O) groups excluding carboxylic acids is 1. The zero-order chi connectivity index (χ0) is 28.1. The third-order valence-corrected chi connectivity index (χ3v) is 8.21. The van der Waals surface area contributed by atoms with Gasteiger partial charge in [0.15, 0.2) is 0 Å². The second kappa shape index (κ2) is 12.7. The van der Waals surface area contributed by atoms with Gasteiger partial charge in [-0.3, -0.25) is 4.79 Å². The number of likely N-dealkylation sites (tertiary alicyclic amines) is 1. The molecular weight excluding hydrogens is 505 g/mol. The number of halogens is 1. The highest BCUT2D eigenvalue weighted by Gasteiger charge is 2.26. The van der Waals surface area contributed by atoms with Crippen LogP contribution < -0.4 is 15.5 Å². The molecule has 0 spiro atoms. The lowest BCUT2D eigenvalue weighted by Gasteiger charge is -2.34. The molecule has 0 aromatic heterocycles. The number of methoxy groups -OCH3 is 1. The van der Waals surface area contributed by atoms with E-state index in [-0.39, 0.29) is 17.5 Å². The summed E-state index contributed by atoms with van der Waals surface area (Å²) in [6.07, 6.45) is 9.61. The number of amides is 1. The van der Waals surface area contributed by atoms with Crippen LogP contribution in [0, 0.1) is 17.1 Å². The monoisotopic (exact) mass is 543 g/mol. The molecule has 3 heterocycles. The van der Waals surface area contributed by atoms with Crippen molar-refractivity contribution in [3.63, 3.8) is 0 Å². The molecule has 40 heavy (non-hydrogen) atoms. The highest BCUT2D eigenvalue weighted by atomic mass is 19.1. The summed E-state index contributed by atoms with van der Waals surface area (Å²) < 4.78 is 20.4. The lowest BCUT2D eigenvalue weighted by Crippen LogP contribution is -2.46. The van der Waals surface area contributed by atoms with Crippen molar-refractivity contribution in [2.24, 2.45) is 5.73 Å². The van der Waals surface area contributed by atoms with Gasteiger partial charge < -0.3 is 25.2 Å². The highest BCUT2D eigenvalue weighted by Crippen LogP contribution is 2.33. The van der Waals surface area contributed by atoms with Crippen molar-refractivity contribution in [2.75, 3.05) is 49.6 Å². The predicted octanol–water partition coefficient (Wildman–Crippen LogP) is 4.83. The van der Waals surface area contributed by atoms with Gasteiger partial charge in [-0.1, -0.05) is 12.1 Å². The average molecular weight is 544 g/mol. The van der Waals surface area contributed by atoms with Crippen LogP contribution in [-0.2, 0) is 9.53 Å². The molecule has 0 bridgehead atoms. The van der Waals surface area contributed by atoms with Crippen molar-refractivity contribution in [2.45, 2.75) is 50.7 Å². The first kappa shape index (κ1) is 27.9. The minimum atomic E-state index is -0.573. The molecule has 0 aliphatic carbocycles. The number of rotatable bonds is 5. The van der Waals surface area contributed by atoms with E-state index in [1.807, 2.05) is 23.1 Å². The van der Waals surface area contributed by atoms with E-state index in [4.69, 9.17) is 10.5 Å². The summed E-state index contributed by atoms with van der Waals surface area (Å²) in [5, 5.41) is 9.28. The topological polar surface area (TPSA) is 85.8 Å². The Bertz CT molecular complexity index is 1310. The number of hydrogen-bond acceptors (Lipinski definition) is 6. The van der Waals surface area contributed by atoms with Gasteiger partial charge in [0.25, 0.3) is 5.91 Å². The van der Waals surface area contributed by atoms with Gasteiger partial charge in [-0.05, 0) is 81.0 Å². The Labute approximate surface area is 236 Å². The lowest BCUT2D eigenvalue weighted by molar-refractivity contribution is -0.127. The van der Waals surface area contributed by atoms with Crippen LogP contribution in [0.2, 0.25) is 0 Å². The van der Waals surface area contributed by atoms with Crippen molar-refractivity contribution in [3.8, 4) is 6.07 Å². The van der Waals surface area contributed by atoms with Gasteiger partial charge in [-0.15, -0.1) is 0 Å². The predicted molar refractivity (Wildman–Crippen MR) is 156 cm³/mol. The van der Waals surface area contributed by atoms with E-state index in [1.54, 1.807) is 13.2 Å². The van der Waals surface area contributed by atoms with Gasteiger partial charge in [0, 0.05) is 74.1 Å². The second-order valence-electron chi connectivity index (χ2n) is 10.9. The lowest BCUT2D eigenvalue weighted by atomic mass is 9.99. The van der Waals surface area contributed by atoms with E-state index in [0.717, 1.165) is 68.7 Å². The Hall–Kier alpha value is -3.67. The van der Waals surface area contributed by atoms with Crippen LogP contribution in [0.1, 0.15) is 49.7 Å². The molecule has 1 atom stereocenters. The third-order valence-electron chi connectivity index (χ3n) is 8.21. The number of hydrogen-bond donors (Lipinski definition) is 1. The molecule has 3 aliphatic heterocycles. The fraction of sp³-hybridized carbons (Fsp3) is 0.438. The first-order valence-corrected chi connectivity index (χ1v) is 14.3. The summed E-state index contributed by atoms with van der Waals surface area (Å²) in [7, 11) is 1.78. The number of nitriles is 1. The zero-order valence-electron chi connectivity index (χ0n) is 23.2. The van der Waals surface area contributed by atoms with Gasteiger partial charge >= 0.3 is 0 Å². The Morgan fingerprint density at radius 2 is 1.77 bits per heavy atom. The summed E-state index contributed by atoms with van der Waals surface area (Å²) in [4.78, 5) is 20.0. The summed E-state index contributed by atoms with van der Waals surface area (Å²) in [6, 6.07) is 15.0. The maximum atomic E-state index is 14.8. The fourth-order valence-electron chi connectivity index (χ4n) is 5.90. The summed E-state index contributed by atoms with van der Waals surface area (Å²) in [5.41, 5.74) is 10.3. The van der Waals surface area contributed by atoms with E-state index >= 15 is 0 Å². The van der Waals surface area contributed by atoms with Gasteiger partial charge in [-0.2, -0.15) is 5.26 Å². The molecule has 0 radical (unpaired) electrons. The number of allylic oxidation sites excluding steroid dienone is 1. The molecule has 2 saturated heterocycles. The molecule has 5 rings (SSSR count). The standard InChI is InChI=1S/C32H38FN5O2/c1-40-29-13-17-36(18-14-29)27-9-11-28(12-10-27)38-16-3-2-5-24(32(39)37-15-4-6-26(35)22-37)20-31(38)23-7-8-25(21-34)30(33)19-23/h5,7-12,19-20,26,29H,2-4,6,13-18,22,35H2,1H3/b24-5-,31-20-/t26-/m1/s1. The Morgan fingerprint density at radius 1 is 1.02 bits per heavy atom. The second-order valence-corrected chi connectivity index (χ2v) is 10.9. The molecule has 7 nitrogen and oxygen atoms in total. The van der Waals surface area contributed by atoms with Crippen LogP contribution in [0.3, 0.4) is 0 Å². The van der Waals surface area contributed by atoms with Crippen molar-refractivity contribution in [1.29, 1.82) is 5.26 Å². The molecule has 0 unspecified atom stereocenters. The molecule has 2 aromatic carbocycles. The first-order valence-electron chi connectivity index (χ1n) is 14.3. The van der Waals surface area contributed by atoms with E-state index in [1.165, 1.54) is 12.1 Å². The van der Waals surface area contributed by atoms with Crippen LogP contribution >= 0.6 is 0 Å². The average Bonchev–Trinajstić information content (AvgIpc) is 2.97. The van der Waals surface area contributed by atoms with Gasteiger partial charge in [0.1, 0.15) is 11.9 Å². The van der Waals surface area contributed by atoms with Crippen LogP contribution in [0.4, 0.5) is 15.8 Å². The van der Waals surface area contributed by atoms with Crippen molar-refractivity contribution in [1.82, 2.24) is 4.90 Å². The van der Waals surface area contributed by atoms with E-state index in [0.29, 0.717) is 36.9 Å². The minimum absolute atomic E-state index is 0.00233. The number of piperidine rings is 2. The molecular formula is C32H38FN5O2. The quantitative estimate of drug-likeness (QED) is 0.582. The Balaban J connectivity index is 1.48. The number of nitrogens with zero attached hydrogens (tertiary/aromatic N) is 4. The van der Waals surface area contributed by atoms with E-state index in [9.17, 15) is 14.4 Å². The number of benzene rings is 2. The van der Waals surface area contributed by atoms with Crippen molar-refractivity contribution in [3.05, 3.63) is 77.1 Å². The molecule has 2 N–H and O–H groups in total. The largest absolute Gasteiger partial charge is 0.381 e. The van der Waals surface area contributed by atoms with Crippen molar-refractivity contribution >= 4 is 23.0 Å². The van der Waals surface area contributed by atoms with Crippen LogP contribution in [0.5, 0.6) is 0 Å². The minimum Gasteiger partial charge on any atom is -0.381 e. The summed E-state index contributed by atoms with van der Waals surface area (Å²) in [5.74, 6) is -0.616. The summed E-state index contributed by atoms with van der Waals surface area (Å²) >= 11 is 0. The molecule has 210 valence electrons. The Kier molecular flexibility index (Phi) is 8.83. The van der Waals surface area contributed by atoms with Gasteiger partial charge in [-0.25, -0.2) is 4.39 Å². The van der Waals surface area contributed by atoms with Crippen molar-refractivity contribution < 1.29 is 13.9 Å². The SMILES string of the molecule is COC1CCN(c2ccc(N3CCC/C=C(C(=O)N4CCC[C@@H](N)C4)/C=C\3c3ccc(C#N)c(F)c3)cc2)CC1. The highest BCUT2D eigenvalue weighted by molar-refractivity contribution is 5.99. The fourth-order valence-corrected chi connectivity index (χ4v) is 5.90. The summed E-state index contributed by atoms with van der Waals surface area (Å²) in [6.45, 7) is 3.84. The zero-order valence-corrected chi connectivity index (χ0v) is 23.2. The molecule has 8 heteroatoms. The normalized spacial score (nSPS) is 23.4. The molecule has 3 aliphatic rings. The maximum absolute atomic E-state index is 14.8. The number of ether oxygens (including phenoxy) is 1. The number of carbonyl (C=O) groups is 1. The molecule has 1 amide bonds.